The fraction of sp³-hybridized carbons (Fsp3) is 0.167. The van der Waals surface area contributed by atoms with E-state index in [0.717, 1.165) is 0 Å². The molecule has 1 unspecified atom stereocenters. The molecular formula is C18H17ClN2O4S. The van der Waals surface area contributed by atoms with Crippen LogP contribution in [0.25, 0.3) is 0 Å². The van der Waals surface area contributed by atoms with Gasteiger partial charge in [-0.05, 0) is 55.5 Å². The Morgan fingerprint density at radius 2 is 1.73 bits per heavy atom. The first-order valence-corrected chi connectivity index (χ1v) is 9.44. The summed E-state index contributed by atoms with van der Waals surface area (Å²) in [6, 6.07) is 11.6. The average Bonchev–Trinajstić information content (AvgIpc) is 2.60. The van der Waals surface area contributed by atoms with E-state index >= 15 is 0 Å². The summed E-state index contributed by atoms with van der Waals surface area (Å²) in [5, 5.41) is 10.5. The van der Waals surface area contributed by atoms with Crippen molar-refractivity contribution in [2.24, 2.45) is 0 Å². The van der Waals surface area contributed by atoms with Crippen LogP contribution in [0, 0.1) is 11.8 Å². The van der Waals surface area contributed by atoms with Crippen LogP contribution in [0.5, 0.6) is 0 Å². The molecule has 1 amide bonds. The lowest BCUT2D eigenvalue weighted by Crippen LogP contribution is -2.32. The smallest absolute Gasteiger partial charge is 0.261 e. The van der Waals surface area contributed by atoms with Gasteiger partial charge in [-0.15, -0.1) is 0 Å². The van der Waals surface area contributed by atoms with Crippen LogP contribution >= 0.6 is 11.6 Å². The Bertz CT molecular complexity index is 945. The largest absolute Gasteiger partial charge is 0.285 e. The van der Waals surface area contributed by atoms with Crippen molar-refractivity contribution in [3.63, 3.8) is 0 Å². The van der Waals surface area contributed by atoms with E-state index in [4.69, 9.17) is 11.6 Å². The van der Waals surface area contributed by atoms with Crippen molar-refractivity contribution in [1.82, 2.24) is 5.06 Å². The first-order chi connectivity index (χ1) is 12.2. The van der Waals surface area contributed by atoms with E-state index in [1.54, 1.807) is 31.2 Å². The van der Waals surface area contributed by atoms with Gasteiger partial charge in [-0.1, -0.05) is 23.4 Å². The highest BCUT2D eigenvalue weighted by molar-refractivity contribution is 7.92. The van der Waals surface area contributed by atoms with Crippen molar-refractivity contribution in [1.29, 1.82) is 0 Å². The van der Waals surface area contributed by atoms with Crippen LogP contribution in [0.3, 0.4) is 0 Å². The number of rotatable bonds is 4. The highest BCUT2D eigenvalue weighted by atomic mass is 35.5. The third-order valence-electron chi connectivity index (χ3n) is 3.38. The summed E-state index contributed by atoms with van der Waals surface area (Å²) in [4.78, 5) is 11.1. The van der Waals surface area contributed by atoms with Crippen molar-refractivity contribution in [2.75, 3.05) is 4.72 Å². The molecule has 0 aliphatic carbocycles. The van der Waals surface area contributed by atoms with Crippen LogP contribution in [0.4, 0.5) is 5.69 Å². The lowest BCUT2D eigenvalue weighted by Gasteiger charge is -2.15. The molecule has 0 saturated heterocycles. The van der Waals surface area contributed by atoms with E-state index in [0.29, 0.717) is 21.3 Å². The van der Waals surface area contributed by atoms with Crippen LogP contribution in [-0.2, 0) is 14.8 Å². The summed E-state index contributed by atoms with van der Waals surface area (Å²) in [5.74, 6) is 5.04. The Balaban J connectivity index is 2.10. The van der Waals surface area contributed by atoms with Gasteiger partial charge in [0.25, 0.3) is 10.0 Å². The molecule has 1 atom stereocenters. The number of hydrogen-bond acceptors (Lipinski definition) is 4. The molecule has 0 heterocycles. The minimum atomic E-state index is -3.71. The van der Waals surface area contributed by atoms with Gasteiger partial charge in [-0.25, -0.2) is 13.5 Å². The van der Waals surface area contributed by atoms with Gasteiger partial charge in [0.05, 0.1) is 4.90 Å². The molecule has 0 bridgehead atoms. The molecule has 2 N–H and O–H groups in total. The second-order valence-corrected chi connectivity index (χ2v) is 7.56. The Hall–Kier alpha value is -2.53. The Morgan fingerprint density at radius 3 is 2.27 bits per heavy atom. The second-order valence-electron chi connectivity index (χ2n) is 5.45. The Morgan fingerprint density at radius 1 is 1.15 bits per heavy atom. The summed E-state index contributed by atoms with van der Waals surface area (Å²) >= 11 is 5.76. The summed E-state index contributed by atoms with van der Waals surface area (Å²) < 4.78 is 27.1. The Labute approximate surface area is 157 Å². The maximum atomic E-state index is 12.3. The predicted molar refractivity (Wildman–Crippen MR) is 99.3 cm³/mol. The number of amides is 1. The van der Waals surface area contributed by atoms with E-state index in [9.17, 15) is 18.4 Å². The van der Waals surface area contributed by atoms with E-state index in [1.807, 2.05) is 0 Å². The number of hydroxylamine groups is 2. The molecular weight excluding hydrogens is 376 g/mol. The lowest BCUT2D eigenvalue weighted by atomic mass is 10.2. The fourth-order valence-corrected chi connectivity index (χ4v) is 3.16. The summed E-state index contributed by atoms with van der Waals surface area (Å²) in [5.41, 5.74) is 0.995. The van der Waals surface area contributed by atoms with Crippen LogP contribution in [0.1, 0.15) is 19.4 Å². The van der Waals surface area contributed by atoms with E-state index < -0.39 is 22.0 Å². The molecule has 26 heavy (non-hydrogen) atoms. The van der Waals surface area contributed by atoms with Gasteiger partial charge in [0, 0.05) is 23.2 Å². The molecule has 0 spiro atoms. The maximum Gasteiger partial charge on any atom is 0.261 e. The standard InChI is InChI=1S/C18H17ClN2O4S/c1-13(21(23)14(2)22)3-4-15-5-9-17(10-6-15)20-26(24,25)18-11-7-16(19)8-12-18/h5-13,20,23H,1-2H3. The molecule has 0 aliphatic heterocycles. The van der Waals surface area contributed by atoms with Crippen molar-refractivity contribution in [3.05, 3.63) is 59.1 Å². The van der Waals surface area contributed by atoms with Crippen LogP contribution < -0.4 is 4.72 Å². The summed E-state index contributed by atoms with van der Waals surface area (Å²) in [6.45, 7) is 2.82. The summed E-state index contributed by atoms with van der Waals surface area (Å²) in [6.07, 6.45) is 0. The molecule has 2 rings (SSSR count). The molecule has 0 saturated carbocycles. The maximum absolute atomic E-state index is 12.3. The zero-order valence-corrected chi connectivity index (χ0v) is 15.7. The average molecular weight is 393 g/mol. The minimum Gasteiger partial charge on any atom is -0.285 e. The molecule has 8 heteroatoms. The topological polar surface area (TPSA) is 86.7 Å². The monoisotopic (exact) mass is 392 g/mol. The molecule has 2 aromatic rings. The quantitative estimate of drug-likeness (QED) is 0.475. The molecule has 0 fully saturated rings. The van der Waals surface area contributed by atoms with Gasteiger partial charge < -0.3 is 0 Å². The summed E-state index contributed by atoms with van der Waals surface area (Å²) in [7, 11) is -3.71. The molecule has 6 nitrogen and oxygen atoms in total. The van der Waals surface area contributed by atoms with Gasteiger partial charge in [0.2, 0.25) is 5.91 Å². The second kappa shape index (κ2) is 8.23. The van der Waals surface area contributed by atoms with E-state index in [1.165, 1.54) is 31.2 Å². The lowest BCUT2D eigenvalue weighted by molar-refractivity contribution is -0.166. The molecule has 0 radical (unpaired) electrons. The minimum absolute atomic E-state index is 0.104. The van der Waals surface area contributed by atoms with Gasteiger partial charge in [0.15, 0.2) is 0 Å². The van der Waals surface area contributed by atoms with Crippen molar-refractivity contribution >= 4 is 33.2 Å². The van der Waals surface area contributed by atoms with Crippen molar-refractivity contribution in [3.8, 4) is 11.8 Å². The van der Waals surface area contributed by atoms with Gasteiger partial charge >= 0.3 is 0 Å². The van der Waals surface area contributed by atoms with E-state index in [-0.39, 0.29) is 4.90 Å². The number of benzene rings is 2. The number of anilines is 1. The number of carbonyl (C=O) groups is 1. The van der Waals surface area contributed by atoms with Gasteiger partial charge in [0.1, 0.15) is 6.04 Å². The number of hydrogen-bond donors (Lipinski definition) is 2. The zero-order chi connectivity index (χ0) is 19.3. The van der Waals surface area contributed by atoms with Gasteiger partial charge in [-0.3, -0.25) is 14.7 Å². The third kappa shape index (κ3) is 5.23. The van der Waals surface area contributed by atoms with Crippen LogP contribution in [-0.4, -0.2) is 30.6 Å². The van der Waals surface area contributed by atoms with Crippen molar-refractivity contribution < 1.29 is 18.4 Å². The molecule has 0 aliphatic rings. The zero-order valence-electron chi connectivity index (χ0n) is 14.1. The van der Waals surface area contributed by atoms with E-state index in [2.05, 4.69) is 16.6 Å². The molecule has 2 aromatic carbocycles. The number of sulfonamides is 1. The highest BCUT2D eigenvalue weighted by Crippen LogP contribution is 2.18. The predicted octanol–water partition coefficient (Wildman–Crippen LogP) is 3.12. The van der Waals surface area contributed by atoms with Crippen molar-refractivity contribution in [2.45, 2.75) is 24.8 Å². The van der Waals surface area contributed by atoms with Gasteiger partial charge in [-0.2, -0.15) is 0 Å². The normalized spacial score (nSPS) is 11.8. The van der Waals surface area contributed by atoms with Crippen LogP contribution in [0.15, 0.2) is 53.4 Å². The first kappa shape index (κ1) is 19.8. The third-order valence-corrected chi connectivity index (χ3v) is 5.03. The number of carbonyl (C=O) groups excluding carboxylic acids is 1. The highest BCUT2D eigenvalue weighted by Gasteiger charge is 2.14. The number of nitrogens with zero attached hydrogens (tertiary/aromatic N) is 1. The number of nitrogens with one attached hydrogen (secondary N) is 1. The first-order valence-electron chi connectivity index (χ1n) is 7.58. The molecule has 136 valence electrons. The molecule has 0 aromatic heterocycles. The Kier molecular flexibility index (Phi) is 6.27. The SMILES string of the molecule is CC(=O)N(O)C(C)C#Cc1ccc(NS(=O)(=O)c2ccc(Cl)cc2)cc1. The number of halogens is 1. The fourth-order valence-electron chi connectivity index (χ4n) is 1.97. The van der Waals surface area contributed by atoms with Crippen LogP contribution in [0.2, 0.25) is 5.02 Å².